The van der Waals surface area contributed by atoms with Crippen molar-refractivity contribution in [3.63, 3.8) is 0 Å². The largest absolute Gasteiger partial charge is 0.411 e. The highest BCUT2D eigenvalue weighted by atomic mass is 16.4. The molecule has 130 valence electrons. The van der Waals surface area contributed by atoms with Gasteiger partial charge in [0, 0.05) is 0 Å². The zero-order valence-electron chi connectivity index (χ0n) is 15.4. The second kappa shape index (κ2) is 5.49. The van der Waals surface area contributed by atoms with Gasteiger partial charge in [0.1, 0.15) is 0 Å². The van der Waals surface area contributed by atoms with Crippen LogP contribution in [-0.2, 0) is 0 Å². The zero-order valence-corrected chi connectivity index (χ0v) is 15.4. The molecule has 0 bridgehead atoms. The van der Waals surface area contributed by atoms with Gasteiger partial charge in [0.2, 0.25) is 0 Å². The Hall–Kier alpha value is -0.530. The highest BCUT2D eigenvalue weighted by Gasteiger charge is 2.59. The summed E-state index contributed by atoms with van der Waals surface area (Å²) in [6.07, 6.45) is 13.5. The predicted octanol–water partition coefficient (Wildman–Crippen LogP) is 5.89. The fraction of sp³-hybridized carbons (Fsp3) is 0.952. The molecule has 0 spiro atoms. The van der Waals surface area contributed by atoms with Gasteiger partial charge in [-0.15, -0.1) is 0 Å². The van der Waals surface area contributed by atoms with Crippen LogP contribution in [0.1, 0.15) is 85.0 Å². The van der Waals surface area contributed by atoms with Crippen molar-refractivity contribution in [2.24, 2.45) is 45.6 Å². The van der Waals surface area contributed by atoms with Gasteiger partial charge in [-0.25, -0.2) is 0 Å². The van der Waals surface area contributed by atoms with Crippen LogP contribution in [0, 0.1) is 40.4 Å². The van der Waals surface area contributed by atoms with Crippen LogP contribution in [0.2, 0.25) is 0 Å². The minimum absolute atomic E-state index is 0.517. The first-order valence-corrected chi connectivity index (χ1v) is 10.2. The van der Waals surface area contributed by atoms with Gasteiger partial charge in [0.05, 0.1) is 5.71 Å². The molecule has 0 radical (unpaired) electrons. The van der Waals surface area contributed by atoms with Crippen molar-refractivity contribution >= 4 is 5.71 Å². The Labute approximate surface area is 142 Å². The maximum Gasteiger partial charge on any atom is 0.0574 e. The molecule has 4 aliphatic rings. The predicted molar refractivity (Wildman–Crippen MR) is 94.7 cm³/mol. The molecule has 0 saturated heterocycles. The van der Waals surface area contributed by atoms with Crippen LogP contribution in [0.3, 0.4) is 0 Å². The number of rotatable bonds is 1. The SMILES string of the molecule is CCC1CCC2C3CCC4C/C(=N/O)CCC4(C)C3CCC12C. The van der Waals surface area contributed by atoms with E-state index < -0.39 is 0 Å². The van der Waals surface area contributed by atoms with Gasteiger partial charge in [-0.05, 0) is 98.2 Å². The van der Waals surface area contributed by atoms with Crippen LogP contribution in [0.5, 0.6) is 0 Å². The van der Waals surface area contributed by atoms with E-state index in [9.17, 15) is 5.21 Å². The van der Waals surface area contributed by atoms with Gasteiger partial charge >= 0.3 is 0 Å². The van der Waals surface area contributed by atoms with E-state index in [4.69, 9.17) is 0 Å². The third kappa shape index (κ3) is 2.15. The highest BCUT2D eigenvalue weighted by molar-refractivity contribution is 5.85. The summed E-state index contributed by atoms with van der Waals surface area (Å²) in [4.78, 5) is 0. The summed E-state index contributed by atoms with van der Waals surface area (Å²) in [6.45, 7) is 7.65. The molecule has 4 rings (SSSR count). The fourth-order valence-electron chi connectivity index (χ4n) is 7.93. The van der Waals surface area contributed by atoms with Crippen LogP contribution in [0.25, 0.3) is 0 Å². The molecule has 7 unspecified atom stereocenters. The molecule has 4 saturated carbocycles. The molecule has 0 aliphatic heterocycles. The molecule has 0 heterocycles. The summed E-state index contributed by atoms with van der Waals surface area (Å²) in [7, 11) is 0. The van der Waals surface area contributed by atoms with E-state index in [0.29, 0.717) is 10.8 Å². The average Bonchev–Trinajstić information content (AvgIpc) is 2.90. The summed E-state index contributed by atoms with van der Waals surface area (Å²) in [5.74, 6) is 4.68. The molecule has 0 aromatic carbocycles. The molecule has 4 aliphatic carbocycles. The first kappa shape index (κ1) is 16.0. The molecule has 7 atom stereocenters. The summed E-state index contributed by atoms with van der Waals surface area (Å²) < 4.78 is 0. The second-order valence-electron chi connectivity index (χ2n) is 9.75. The van der Waals surface area contributed by atoms with Crippen LogP contribution < -0.4 is 0 Å². The normalized spacial score (nSPS) is 54.4. The van der Waals surface area contributed by atoms with Gasteiger partial charge in [-0.2, -0.15) is 0 Å². The molecule has 0 aromatic heterocycles. The lowest BCUT2D eigenvalue weighted by Gasteiger charge is -2.60. The van der Waals surface area contributed by atoms with Crippen molar-refractivity contribution in [1.29, 1.82) is 0 Å². The maximum atomic E-state index is 9.20. The third-order valence-electron chi connectivity index (χ3n) is 9.33. The topological polar surface area (TPSA) is 32.6 Å². The molecule has 0 aromatic rings. The van der Waals surface area contributed by atoms with Gasteiger partial charge in [-0.1, -0.05) is 32.3 Å². The third-order valence-corrected chi connectivity index (χ3v) is 9.33. The van der Waals surface area contributed by atoms with E-state index in [1.165, 1.54) is 51.4 Å². The van der Waals surface area contributed by atoms with Gasteiger partial charge < -0.3 is 5.21 Å². The second-order valence-corrected chi connectivity index (χ2v) is 9.75. The lowest BCUT2D eigenvalue weighted by molar-refractivity contribution is -0.101. The molecular formula is C21H35NO. The summed E-state index contributed by atoms with van der Waals surface area (Å²) in [5.41, 5.74) is 2.23. The molecule has 0 amide bonds. The molecular weight excluding hydrogens is 282 g/mol. The molecule has 1 N–H and O–H groups in total. The van der Waals surface area contributed by atoms with E-state index in [2.05, 4.69) is 25.9 Å². The van der Waals surface area contributed by atoms with Crippen molar-refractivity contribution in [3.05, 3.63) is 0 Å². The van der Waals surface area contributed by atoms with Crippen LogP contribution in [0.4, 0.5) is 0 Å². The summed E-state index contributed by atoms with van der Waals surface area (Å²) in [6, 6.07) is 0. The Kier molecular flexibility index (Phi) is 3.81. The van der Waals surface area contributed by atoms with Gasteiger partial charge in [0.25, 0.3) is 0 Å². The van der Waals surface area contributed by atoms with Crippen LogP contribution >= 0.6 is 0 Å². The van der Waals surface area contributed by atoms with E-state index in [0.717, 1.165) is 48.1 Å². The standard InChI is InChI=1S/C21H35NO/c1-4-14-6-8-18-17-7-5-15-13-16(22-23)9-11-21(15,3)19(17)10-12-20(14,18)2/h14-15,17-19,23H,4-13H2,1-3H3/b22-16+. The molecule has 4 fully saturated rings. The Morgan fingerprint density at radius 1 is 1.00 bits per heavy atom. The fourth-order valence-corrected chi connectivity index (χ4v) is 7.93. The van der Waals surface area contributed by atoms with E-state index in [1.54, 1.807) is 0 Å². The first-order valence-electron chi connectivity index (χ1n) is 10.2. The Morgan fingerprint density at radius 2 is 1.78 bits per heavy atom. The molecule has 2 nitrogen and oxygen atoms in total. The van der Waals surface area contributed by atoms with Gasteiger partial charge in [0.15, 0.2) is 0 Å². The minimum atomic E-state index is 0.517. The van der Waals surface area contributed by atoms with E-state index in [-0.39, 0.29) is 0 Å². The monoisotopic (exact) mass is 317 g/mol. The lowest BCUT2D eigenvalue weighted by Crippen LogP contribution is -2.53. The minimum Gasteiger partial charge on any atom is -0.411 e. The molecule has 23 heavy (non-hydrogen) atoms. The Morgan fingerprint density at radius 3 is 2.52 bits per heavy atom. The number of fused-ring (bicyclic) bond motifs is 5. The smallest absolute Gasteiger partial charge is 0.0574 e. The summed E-state index contributed by atoms with van der Waals surface area (Å²) in [5, 5.41) is 12.8. The van der Waals surface area contributed by atoms with Crippen molar-refractivity contribution < 1.29 is 5.21 Å². The molecule has 2 heteroatoms. The maximum absolute atomic E-state index is 9.20. The van der Waals surface area contributed by atoms with Crippen molar-refractivity contribution in [1.82, 2.24) is 0 Å². The van der Waals surface area contributed by atoms with E-state index >= 15 is 0 Å². The van der Waals surface area contributed by atoms with Crippen molar-refractivity contribution in [2.45, 2.75) is 85.0 Å². The number of nitrogens with zero attached hydrogens (tertiary/aromatic N) is 1. The number of hydrogen-bond donors (Lipinski definition) is 1. The van der Waals surface area contributed by atoms with E-state index in [1.807, 2.05) is 0 Å². The summed E-state index contributed by atoms with van der Waals surface area (Å²) >= 11 is 0. The number of hydrogen-bond acceptors (Lipinski definition) is 2. The van der Waals surface area contributed by atoms with Crippen LogP contribution in [-0.4, -0.2) is 10.9 Å². The first-order chi connectivity index (χ1) is 11.0. The number of oxime groups is 1. The Bertz CT molecular complexity index is 500. The zero-order chi connectivity index (χ0) is 16.2. The highest BCUT2D eigenvalue weighted by Crippen LogP contribution is 2.67. The van der Waals surface area contributed by atoms with Crippen molar-refractivity contribution in [3.8, 4) is 0 Å². The quantitative estimate of drug-likeness (QED) is 0.475. The lowest BCUT2D eigenvalue weighted by atomic mass is 9.44. The Balaban J connectivity index is 1.60. The van der Waals surface area contributed by atoms with Crippen molar-refractivity contribution in [2.75, 3.05) is 0 Å². The van der Waals surface area contributed by atoms with Crippen LogP contribution in [0.15, 0.2) is 5.16 Å². The van der Waals surface area contributed by atoms with Gasteiger partial charge in [-0.3, -0.25) is 0 Å². The average molecular weight is 318 g/mol.